The van der Waals surface area contributed by atoms with E-state index in [1.165, 1.54) is 25.1 Å². The zero-order valence-electron chi connectivity index (χ0n) is 11.0. The van der Waals surface area contributed by atoms with E-state index in [9.17, 15) is 14.9 Å². The van der Waals surface area contributed by atoms with Crippen molar-refractivity contribution in [2.24, 2.45) is 0 Å². The van der Waals surface area contributed by atoms with Crippen molar-refractivity contribution in [1.82, 2.24) is 0 Å². The van der Waals surface area contributed by atoms with Gasteiger partial charge in [0.25, 0.3) is 5.69 Å². The average molecular weight is 284 g/mol. The lowest BCUT2D eigenvalue weighted by Gasteiger charge is -2.11. The minimum Gasteiger partial charge on any atom is -0.489 e. The first-order valence-corrected chi connectivity index (χ1v) is 5.92. The van der Waals surface area contributed by atoms with Gasteiger partial charge in [-0.05, 0) is 6.07 Å². The molecule has 0 fully saturated rings. The summed E-state index contributed by atoms with van der Waals surface area (Å²) in [6.07, 6.45) is 0. The molecule has 20 heavy (non-hydrogen) atoms. The van der Waals surface area contributed by atoms with Gasteiger partial charge in [0.1, 0.15) is 12.4 Å². The number of amides is 1. The van der Waals surface area contributed by atoms with Gasteiger partial charge in [-0.25, -0.2) is 0 Å². The number of nitro groups is 1. The molecule has 0 unspecified atom stereocenters. The van der Waals surface area contributed by atoms with Gasteiger partial charge in [-0.2, -0.15) is 0 Å². The van der Waals surface area contributed by atoms with Gasteiger partial charge in [0, 0.05) is 13.0 Å². The fraction of sp³-hybridized carbons (Fsp3) is 0.417. The Morgan fingerprint density at radius 3 is 2.75 bits per heavy atom. The summed E-state index contributed by atoms with van der Waals surface area (Å²) < 4.78 is 10.4. The zero-order valence-corrected chi connectivity index (χ0v) is 11.0. The van der Waals surface area contributed by atoms with Crippen LogP contribution in [0.15, 0.2) is 18.2 Å². The van der Waals surface area contributed by atoms with Crippen LogP contribution in [0.2, 0.25) is 0 Å². The number of hydrogen-bond acceptors (Lipinski definition) is 6. The number of ether oxygens (including phenoxy) is 2. The van der Waals surface area contributed by atoms with Gasteiger partial charge in [0.15, 0.2) is 0 Å². The summed E-state index contributed by atoms with van der Waals surface area (Å²) in [5.74, 6) is -0.109. The third-order valence-corrected chi connectivity index (χ3v) is 2.21. The van der Waals surface area contributed by atoms with Crippen LogP contribution < -0.4 is 10.1 Å². The Kier molecular flexibility index (Phi) is 6.41. The highest BCUT2D eigenvalue weighted by molar-refractivity contribution is 5.90. The van der Waals surface area contributed by atoms with Crippen LogP contribution in [-0.4, -0.2) is 42.4 Å². The highest BCUT2D eigenvalue weighted by Gasteiger charge is 2.12. The lowest BCUT2D eigenvalue weighted by atomic mass is 10.2. The maximum atomic E-state index is 11.0. The maximum Gasteiger partial charge on any atom is 0.273 e. The first-order valence-electron chi connectivity index (χ1n) is 5.92. The van der Waals surface area contributed by atoms with Crippen molar-refractivity contribution in [3.63, 3.8) is 0 Å². The molecule has 0 saturated heterocycles. The van der Waals surface area contributed by atoms with E-state index in [0.717, 1.165) is 0 Å². The van der Waals surface area contributed by atoms with E-state index in [1.807, 2.05) is 0 Å². The number of benzene rings is 1. The molecular weight excluding hydrogens is 268 g/mol. The van der Waals surface area contributed by atoms with E-state index in [2.05, 4.69) is 5.32 Å². The SMILES string of the molecule is CC(=O)Nc1ccc([N+](=O)[O-])cc1OCCOCCO. The Labute approximate surface area is 115 Å². The average Bonchev–Trinajstić information content (AvgIpc) is 2.39. The standard InChI is InChI=1S/C12H16N2O6/c1-9(16)13-11-3-2-10(14(17)18)8-12(11)20-7-6-19-5-4-15/h2-3,8,15H,4-7H2,1H3,(H,13,16). The van der Waals surface area contributed by atoms with Crippen molar-refractivity contribution in [3.8, 4) is 5.75 Å². The Bertz CT molecular complexity index is 477. The summed E-state index contributed by atoms with van der Waals surface area (Å²) in [6.45, 7) is 1.80. The molecule has 110 valence electrons. The lowest BCUT2D eigenvalue weighted by molar-refractivity contribution is -0.384. The maximum absolute atomic E-state index is 11.0. The number of nitrogens with one attached hydrogen (secondary N) is 1. The first kappa shape index (κ1) is 15.9. The highest BCUT2D eigenvalue weighted by Crippen LogP contribution is 2.29. The third-order valence-electron chi connectivity index (χ3n) is 2.21. The Morgan fingerprint density at radius 1 is 1.40 bits per heavy atom. The molecule has 1 aromatic carbocycles. The summed E-state index contributed by atoms with van der Waals surface area (Å²) in [7, 11) is 0. The van der Waals surface area contributed by atoms with E-state index in [0.29, 0.717) is 5.69 Å². The molecule has 0 aliphatic heterocycles. The van der Waals surface area contributed by atoms with Gasteiger partial charge in [0.05, 0.1) is 36.5 Å². The minimum atomic E-state index is -0.549. The number of hydrogen-bond donors (Lipinski definition) is 2. The number of nitro benzene ring substituents is 1. The van der Waals surface area contributed by atoms with E-state index >= 15 is 0 Å². The van der Waals surface area contributed by atoms with Crippen LogP contribution in [0, 0.1) is 10.1 Å². The topological polar surface area (TPSA) is 111 Å². The van der Waals surface area contributed by atoms with Gasteiger partial charge in [-0.1, -0.05) is 0 Å². The summed E-state index contributed by atoms with van der Waals surface area (Å²) in [4.78, 5) is 21.2. The molecule has 8 heteroatoms. The molecule has 2 N–H and O–H groups in total. The van der Waals surface area contributed by atoms with Gasteiger partial charge in [0.2, 0.25) is 5.91 Å². The summed E-state index contributed by atoms with van der Waals surface area (Å²) in [6, 6.07) is 3.92. The number of carbonyl (C=O) groups excluding carboxylic acids is 1. The molecule has 0 aliphatic carbocycles. The van der Waals surface area contributed by atoms with Crippen LogP contribution in [0.4, 0.5) is 11.4 Å². The summed E-state index contributed by atoms with van der Waals surface area (Å²) in [5, 5.41) is 21.8. The number of nitrogens with zero attached hydrogens (tertiary/aromatic N) is 1. The van der Waals surface area contributed by atoms with Crippen LogP contribution >= 0.6 is 0 Å². The third kappa shape index (κ3) is 5.21. The number of anilines is 1. The second kappa shape index (κ2) is 8.08. The molecule has 0 radical (unpaired) electrons. The molecule has 0 spiro atoms. The normalized spacial score (nSPS) is 10.1. The Hall–Kier alpha value is -2.19. The number of rotatable bonds is 8. The molecule has 0 bridgehead atoms. The Morgan fingerprint density at radius 2 is 2.15 bits per heavy atom. The Balaban J connectivity index is 2.74. The second-order valence-corrected chi connectivity index (χ2v) is 3.80. The van der Waals surface area contributed by atoms with Gasteiger partial charge >= 0.3 is 0 Å². The fourth-order valence-electron chi connectivity index (χ4n) is 1.41. The van der Waals surface area contributed by atoms with Crippen molar-refractivity contribution < 1.29 is 24.3 Å². The first-order chi connectivity index (χ1) is 9.54. The molecule has 8 nitrogen and oxygen atoms in total. The van der Waals surface area contributed by atoms with Crippen molar-refractivity contribution in [3.05, 3.63) is 28.3 Å². The predicted molar refractivity (Wildman–Crippen MR) is 70.8 cm³/mol. The van der Waals surface area contributed by atoms with Crippen LogP contribution in [-0.2, 0) is 9.53 Å². The van der Waals surface area contributed by atoms with Crippen LogP contribution in [0.25, 0.3) is 0 Å². The second-order valence-electron chi connectivity index (χ2n) is 3.80. The lowest BCUT2D eigenvalue weighted by Crippen LogP contribution is -2.12. The quantitative estimate of drug-likeness (QED) is 0.417. The number of aliphatic hydroxyl groups excluding tert-OH is 1. The molecule has 0 heterocycles. The zero-order chi connectivity index (χ0) is 15.0. The number of aliphatic hydroxyl groups is 1. The minimum absolute atomic E-state index is 0.0893. The van der Waals surface area contributed by atoms with Crippen molar-refractivity contribution in [2.75, 3.05) is 31.7 Å². The van der Waals surface area contributed by atoms with Crippen molar-refractivity contribution in [2.45, 2.75) is 6.92 Å². The molecule has 0 atom stereocenters. The van der Waals surface area contributed by atoms with Gasteiger partial charge in [-0.3, -0.25) is 14.9 Å². The van der Waals surface area contributed by atoms with Crippen LogP contribution in [0.3, 0.4) is 0 Å². The van der Waals surface area contributed by atoms with Crippen molar-refractivity contribution in [1.29, 1.82) is 0 Å². The molecule has 0 saturated carbocycles. The van der Waals surface area contributed by atoms with Gasteiger partial charge in [-0.15, -0.1) is 0 Å². The van der Waals surface area contributed by atoms with E-state index in [4.69, 9.17) is 14.6 Å². The van der Waals surface area contributed by atoms with Crippen LogP contribution in [0.5, 0.6) is 5.75 Å². The smallest absolute Gasteiger partial charge is 0.273 e. The number of non-ortho nitro benzene ring substituents is 1. The van der Waals surface area contributed by atoms with Gasteiger partial charge < -0.3 is 19.9 Å². The summed E-state index contributed by atoms with van der Waals surface area (Å²) in [5.41, 5.74) is 0.218. The highest BCUT2D eigenvalue weighted by atomic mass is 16.6. The number of carbonyl (C=O) groups is 1. The monoisotopic (exact) mass is 284 g/mol. The largest absolute Gasteiger partial charge is 0.489 e. The van der Waals surface area contributed by atoms with E-state index in [1.54, 1.807) is 0 Å². The molecule has 1 aromatic rings. The van der Waals surface area contributed by atoms with E-state index in [-0.39, 0.29) is 43.8 Å². The molecular formula is C12H16N2O6. The fourth-order valence-corrected chi connectivity index (χ4v) is 1.41. The molecule has 0 aliphatic rings. The predicted octanol–water partition coefficient (Wildman–Crippen LogP) is 0.941. The molecule has 1 amide bonds. The summed E-state index contributed by atoms with van der Waals surface area (Å²) >= 11 is 0. The van der Waals surface area contributed by atoms with Crippen LogP contribution in [0.1, 0.15) is 6.92 Å². The molecule has 1 rings (SSSR count). The van der Waals surface area contributed by atoms with Crippen molar-refractivity contribution >= 4 is 17.3 Å². The van der Waals surface area contributed by atoms with E-state index < -0.39 is 4.92 Å². The molecule has 0 aromatic heterocycles.